The monoisotopic (exact) mass is 423 g/mol. The number of pyridine rings is 1. The van der Waals surface area contributed by atoms with Gasteiger partial charge in [-0.25, -0.2) is 9.78 Å². The highest BCUT2D eigenvalue weighted by Gasteiger charge is 2.20. The normalized spacial score (nSPS) is 10.1. The van der Waals surface area contributed by atoms with Crippen LogP contribution in [0.1, 0.15) is 10.4 Å². The van der Waals surface area contributed by atoms with Crippen molar-refractivity contribution in [2.45, 2.75) is 0 Å². The Labute approximate surface area is 176 Å². The smallest absolute Gasteiger partial charge is 0.344 e. The summed E-state index contributed by atoms with van der Waals surface area (Å²) in [6, 6.07) is 15.6. The Morgan fingerprint density at radius 2 is 1.84 bits per heavy atom. The number of nitrogens with zero attached hydrogens (tertiary/aromatic N) is 2. The second-order valence-corrected chi connectivity index (χ2v) is 6.04. The Balaban J connectivity index is 1.65. The standard InChI is InChI=1S/C21H17N3O7/c1-29-15-9-10-17(18(12-15)24(27)28)23-19(25)13-30-21(26)16-8-5-11-22-20(16)31-14-6-3-2-4-7-14/h2-12H,13H2,1H3,(H,23,25). The Morgan fingerprint density at radius 3 is 2.55 bits per heavy atom. The van der Waals surface area contributed by atoms with Crippen molar-refractivity contribution in [3.8, 4) is 17.4 Å². The number of aromatic nitrogens is 1. The van der Waals surface area contributed by atoms with Gasteiger partial charge in [0.2, 0.25) is 5.88 Å². The van der Waals surface area contributed by atoms with Crippen LogP contribution < -0.4 is 14.8 Å². The van der Waals surface area contributed by atoms with Crippen LogP contribution in [-0.4, -0.2) is 35.5 Å². The quantitative estimate of drug-likeness (QED) is 0.330. The Morgan fingerprint density at radius 1 is 1.06 bits per heavy atom. The molecule has 0 aliphatic rings. The highest BCUT2D eigenvalue weighted by atomic mass is 16.6. The Hall–Kier alpha value is -4.47. The lowest BCUT2D eigenvalue weighted by molar-refractivity contribution is -0.384. The van der Waals surface area contributed by atoms with E-state index < -0.39 is 23.4 Å². The lowest BCUT2D eigenvalue weighted by Gasteiger charge is -2.10. The van der Waals surface area contributed by atoms with E-state index in [1.165, 1.54) is 43.6 Å². The van der Waals surface area contributed by atoms with Gasteiger partial charge in [-0.2, -0.15) is 0 Å². The zero-order chi connectivity index (χ0) is 22.2. The van der Waals surface area contributed by atoms with Crippen molar-refractivity contribution in [3.05, 3.63) is 82.5 Å². The summed E-state index contributed by atoms with van der Waals surface area (Å²) in [5, 5.41) is 13.5. The fraction of sp³-hybridized carbons (Fsp3) is 0.0952. The van der Waals surface area contributed by atoms with Gasteiger partial charge in [0.15, 0.2) is 6.61 Å². The van der Waals surface area contributed by atoms with Gasteiger partial charge in [-0.05, 0) is 36.4 Å². The average Bonchev–Trinajstić information content (AvgIpc) is 2.78. The molecule has 10 heteroatoms. The predicted octanol–water partition coefficient (Wildman–Crippen LogP) is 3.59. The molecule has 158 valence electrons. The Bertz CT molecular complexity index is 1100. The molecule has 31 heavy (non-hydrogen) atoms. The van der Waals surface area contributed by atoms with E-state index >= 15 is 0 Å². The van der Waals surface area contributed by atoms with E-state index in [1.54, 1.807) is 24.3 Å². The van der Waals surface area contributed by atoms with Crippen LogP contribution in [0, 0.1) is 10.1 Å². The van der Waals surface area contributed by atoms with E-state index in [0.29, 0.717) is 5.75 Å². The van der Waals surface area contributed by atoms with Crippen molar-refractivity contribution >= 4 is 23.3 Å². The van der Waals surface area contributed by atoms with Crippen LogP contribution in [0.5, 0.6) is 17.4 Å². The first-order valence-corrected chi connectivity index (χ1v) is 8.95. The number of hydrogen-bond donors (Lipinski definition) is 1. The predicted molar refractivity (Wildman–Crippen MR) is 109 cm³/mol. The number of nitro groups is 1. The number of nitro benzene ring substituents is 1. The average molecular weight is 423 g/mol. The van der Waals surface area contributed by atoms with Gasteiger partial charge in [0, 0.05) is 6.20 Å². The van der Waals surface area contributed by atoms with Crippen molar-refractivity contribution in [2.75, 3.05) is 19.0 Å². The number of para-hydroxylation sites is 1. The van der Waals surface area contributed by atoms with Crippen molar-refractivity contribution in [2.24, 2.45) is 0 Å². The van der Waals surface area contributed by atoms with Crippen molar-refractivity contribution in [1.82, 2.24) is 4.98 Å². The fourth-order valence-corrected chi connectivity index (χ4v) is 2.52. The topological polar surface area (TPSA) is 130 Å². The molecule has 10 nitrogen and oxygen atoms in total. The van der Waals surface area contributed by atoms with Crippen molar-refractivity contribution < 1.29 is 28.7 Å². The molecule has 0 bridgehead atoms. The van der Waals surface area contributed by atoms with Gasteiger partial charge < -0.3 is 19.5 Å². The van der Waals surface area contributed by atoms with Crippen LogP contribution in [0.4, 0.5) is 11.4 Å². The summed E-state index contributed by atoms with van der Waals surface area (Å²) in [4.78, 5) is 39.2. The number of rotatable bonds is 8. The summed E-state index contributed by atoms with van der Waals surface area (Å²) < 4.78 is 15.6. The SMILES string of the molecule is COc1ccc(NC(=O)COC(=O)c2cccnc2Oc2ccccc2)c([N+](=O)[O-])c1. The molecule has 0 unspecified atom stereocenters. The van der Waals surface area contributed by atoms with Crippen LogP contribution >= 0.6 is 0 Å². The van der Waals surface area contributed by atoms with Gasteiger partial charge >= 0.3 is 5.97 Å². The van der Waals surface area contributed by atoms with E-state index in [9.17, 15) is 19.7 Å². The molecule has 0 radical (unpaired) electrons. The molecule has 1 amide bonds. The number of nitrogens with one attached hydrogen (secondary N) is 1. The first kappa shape index (κ1) is 21.2. The number of hydrogen-bond acceptors (Lipinski definition) is 8. The number of carbonyl (C=O) groups excluding carboxylic acids is 2. The second kappa shape index (κ2) is 9.83. The molecule has 1 aromatic heterocycles. The van der Waals surface area contributed by atoms with Crippen LogP contribution in [0.2, 0.25) is 0 Å². The second-order valence-electron chi connectivity index (χ2n) is 6.04. The maximum absolute atomic E-state index is 12.4. The van der Waals surface area contributed by atoms with Gasteiger partial charge in [-0.15, -0.1) is 0 Å². The summed E-state index contributed by atoms with van der Waals surface area (Å²) >= 11 is 0. The molecule has 1 heterocycles. The van der Waals surface area contributed by atoms with E-state index in [4.69, 9.17) is 14.2 Å². The highest BCUT2D eigenvalue weighted by molar-refractivity contribution is 5.97. The van der Waals surface area contributed by atoms with Gasteiger partial charge in [0.1, 0.15) is 22.7 Å². The maximum atomic E-state index is 12.4. The fourth-order valence-electron chi connectivity index (χ4n) is 2.52. The summed E-state index contributed by atoms with van der Waals surface area (Å²) in [5.74, 6) is -0.835. The van der Waals surface area contributed by atoms with E-state index in [1.807, 2.05) is 6.07 Å². The maximum Gasteiger partial charge on any atom is 0.344 e. The summed E-state index contributed by atoms with van der Waals surface area (Å²) in [5.41, 5.74) is -0.388. The largest absolute Gasteiger partial charge is 0.496 e. The first-order valence-electron chi connectivity index (χ1n) is 8.95. The molecule has 0 aliphatic carbocycles. The number of anilines is 1. The summed E-state index contributed by atoms with van der Waals surface area (Å²) in [6.45, 7) is -0.665. The van der Waals surface area contributed by atoms with Crippen molar-refractivity contribution in [3.63, 3.8) is 0 Å². The molecule has 0 aliphatic heterocycles. The third-order valence-corrected chi connectivity index (χ3v) is 3.96. The molecule has 3 rings (SSSR count). The molecule has 0 spiro atoms. The third-order valence-electron chi connectivity index (χ3n) is 3.96. The minimum absolute atomic E-state index is 0.0184. The summed E-state index contributed by atoms with van der Waals surface area (Å²) in [6.07, 6.45) is 1.45. The highest BCUT2D eigenvalue weighted by Crippen LogP contribution is 2.29. The molecule has 1 N–H and O–H groups in total. The number of carbonyl (C=O) groups is 2. The molecule has 0 saturated heterocycles. The first-order chi connectivity index (χ1) is 15.0. The lowest BCUT2D eigenvalue weighted by Crippen LogP contribution is -2.21. The number of benzene rings is 2. The number of esters is 1. The van der Waals surface area contributed by atoms with Crippen LogP contribution in [0.25, 0.3) is 0 Å². The zero-order valence-electron chi connectivity index (χ0n) is 16.3. The van der Waals surface area contributed by atoms with E-state index in [0.717, 1.165) is 0 Å². The zero-order valence-corrected chi connectivity index (χ0v) is 16.3. The summed E-state index contributed by atoms with van der Waals surface area (Å²) in [7, 11) is 1.37. The molecular formula is C21H17N3O7. The van der Waals surface area contributed by atoms with Crippen LogP contribution in [0.3, 0.4) is 0 Å². The number of amides is 1. The van der Waals surface area contributed by atoms with E-state index in [2.05, 4.69) is 10.3 Å². The molecular weight excluding hydrogens is 406 g/mol. The number of methoxy groups -OCH3 is 1. The van der Waals surface area contributed by atoms with Gasteiger partial charge in [-0.3, -0.25) is 14.9 Å². The minimum atomic E-state index is -0.835. The third kappa shape index (κ3) is 5.54. The van der Waals surface area contributed by atoms with Gasteiger partial charge in [-0.1, -0.05) is 18.2 Å². The van der Waals surface area contributed by atoms with Gasteiger partial charge in [0.25, 0.3) is 11.6 Å². The van der Waals surface area contributed by atoms with Gasteiger partial charge in [0.05, 0.1) is 18.1 Å². The minimum Gasteiger partial charge on any atom is -0.496 e. The van der Waals surface area contributed by atoms with Crippen LogP contribution in [-0.2, 0) is 9.53 Å². The number of ether oxygens (including phenoxy) is 3. The lowest BCUT2D eigenvalue weighted by atomic mass is 10.2. The van der Waals surface area contributed by atoms with Crippen LogP contribution in [0.15, 0.2) is 66.9 Å². The van der Waals surface area contributed by atoms with E-state index in [-0.39, 0.29) is 28.6 Å². The van der Waals surface area contributed by atoms with Crippen molar-refractivity contribution in [1.29, 1.82) is 0 Å². The molecule has 0 saturated carbocycles. The molecule has 3 aromatic rings. The molecule has 2 aromatic carbocycles. The molecule has 0 fully saturated rings. The Kier molecular flexibility index (Phi) is 6.74. The molecule has 0 atom stereocenters.